The Balaban J connectivity index is 2.79. The first-order valence-electron chi connectivity index (χ1n) is 5.25. The van der Waals surface area contributed by atoms with Crippen molar-refractivity contribution >= 4 is 13.9 Å². The first-order valence-corrected chi connectivity index (χ1v) is 6.06. The van der Waals surface area contributed by atoms with Crippen LogP contribution in [0, 0.1) is 5.63 Å². The van der Waals surface area contributed by atoms with Crippen LogP contribution in [0.3, 0.4) is 0 Å². The number of carbonyl (C=O) groups is 1. The van der Waals surface area contributed by atoms with Gasteiger partial charge >= 0.3 is 100 Å². The Morgan fingerprint density at radius 1 is 1.41 bits per heavy atom. The maximum atomic E-state index is 10.7. The topological polar surface area (TPSA) is 80.4 Å². The number of carboxylic acids is 1. The number of nitrogens with two attached hydrogens (primary N) is 1. The van der Waals surface area contributed by atoms with E-state index in [1.807, 2.05) is 24.3 Å². The van der Waals surface area contributed by atoms with Gasteiger partial charge in [-0.2, -0.15) is 0 Å². The second-order valence-electron chi connectivity index (χ2n) is 3.67. The van der Waals surface area contributed by atoms with Gasteiger partial charge in [-0.25, -0.2) is 0 Å². The summed E-state index contributed by atoms with van der Waals surface area (Å²) in [6.07, 6.45) is 1.57. The van der Waals surface area contributed by atoms with Crippen LogP contribution in [-0.2, 0) is 22.2 Å². The Bertz CT molecular complexity index is 495. The van der Waals surface area contributed by atoms with E-state index in [-0.39, 0.29) is 7.92 Å². The minimum absolute atomic E-state index is 0.0969. The summed E-state index contributed by atoms with van der Waals surface area (Å²) in [5.74, 6) is -1.00. The van der Waals surface area contributed by atoms with E-state index in [0.717, 1.165) is 11.1 Å². The van der Waals surface area contributed by atoms with Crippen LogP contribution in [-0.4, -0.2) is 17.1 Å². The molecule has 0 saturated carbocycles. The Morgan fingerprint density at radius 2 is 2.06 bits per heavy atom. The van der Waals surface area contributed by atoms with Crippen LogP contribution in [0.4, 0.5) is 0 Å². The van der Waals surface area contributed by atoms with Gasteiger partial charge in [0.05, 0.1) is 0 Å². The van der Waals surface area contributed by atoms with Gasteiger partial charge < -0.3 is 0 Å². The van der Waals surface area contributed by atoms with Gasteiger partial charge in [-0.1, -0.05) is 0 Å². The van der Waals surface area contributed by atoms with Gasteiger partial charge in [0.2, 0.25) is 0 Å². The molecule has 1 rings (SSSR count). The monoisotopic (exact) mass is 251 g/mol. The van der Waals surface area contributed by atoms with Crippen LogP contribution in [0.15, 0.2) is 24.3 Å². The van der Waals surface area contributed by atoms with E-state index in [0.29, 0.717) is 19.3 Å². The van der Waals surface area contributed by atoms with Crippen molar-refractivity contribution in [3.8, 4) is 5.63 Å². The van der Waals surface area contributed by atoms with E-state index in [2.05, 4.69) is 5.63 Å². The van der Waals surface area contributed by atoms with Crippen LogP contribution in [0.2, 0.25) is 0 Å². The molecule has 0 amide bonds. The predicted octanol–water partition coefficient (Wildman–Crippen LogP) is 1.82. The summed E-state index contributed by atoms with van der Waals surface area (Å²) in [6.45, 7) is 0. The van der Waals surface area contributed by atoms with E-state index in [4.69, 9.17) is 10.8 Å². The van der Waals surface area contributed by atoms with Gasteiger partial charge in [0.25, 0.3) is 0 Å². The maximum absolute atomic E-state index is 10.7. The van der Waals surface area contributed by atoms with Crippen LogP contribution >= 0.6 is 7.92 Å². The van der Waals surface area contributed by atoms with Crippen molar-refractivity contribution < 1.29 is 14.5 Å². The molecule has 0 fully saturated rings. The van der Waals surface area contributed by atoms with Crippen molar-refractivity contribution in [1.82, 2.24) is 0 Å². The van der Waals surface area contributed by atoms with Crippen molar-refractivity contribution in [2.24, 2.45) is 5.73 Å². The fourth-order valence-electron chi connectivity index (χ4n) is 1.56. The van der Waals surface area contributed by atoms with E-state index >= 15 is 0 Å². The summed E-state index contributed by atoms with van der Waals surface area (Å²) in [7, 11) is -0.0969. The summed E-state index contributed by atoms with van der Waals surface area (Å²) in [6, 6.07) is 6.65. The first-order chi connectivity index (χ1) is 8.15. The number of aryl methyl sites for hydroxylation is 1. The molecule has 1 aromatic carbocycles. The van der Waals surface area contributed by atoms with Crippen molar-refractivity contribution in [1.29, 1.82) is 0 Å². The summed E-state index contributed by atoms with van der Waals surface area (Å²) in [4.78, 5) is 10.7. The normalized spacial score (nSPS) is 11.6. The molecular formula is C12H14NO3P. The molecule has 0 spiro atoms. The van der Waals surface area contributed by atoms with Gasteiger partial charge in [0.15, 0.2) is 0 Å². The number of hydrogen-bond donors (Lipinski definition) is 2. The number of carboxylic acid groups (broad SMARTS) is 1. The average Bonchev–Trinajstić information content (AvgIpc) is 2.31. The molecule has 0 aromatic heterocycles. The Morgan fingerprint density at radius 3 is 2.65 bits per heavy atom. The van der Waals surface area contributed by atoms with Crippen molar-refractivity contribution in [2.45, 2.75) is 25.3 Å². The zero-order valence-electron chi connectivity index (χ0n) is 9.30. The van der Waals surface area contributed by atoms with E-state index in [1.165, 1.54) is 0 Å². The molecule has 0 aliphatic carbocycles. The molecule has 0 bridgehead atoms. The van der Waals surface area contributed by atoms with Crippen LogP contribution in [0.25, 0.3) is 0 Å². The van der Waals surface area contributed by atoms with Gasteiger partial charge in [-0.3, -0.25) is 0 Å². The Hall–Kier alpha value is -1.34. The first kappa shape index (κ1) is 13.7. The average molecular weight is 251 g/mol. The zero-order valence-corrected chi connectivity index (χ0v) is 10.2. The van der Waals surface area contributed by atoms with Crippen LogP contribution < -0.4 is 5.73 Å². The quantitative estimate of drug-likeness (QED) is 0.782. The molecule has 0 aliphatic heterocycles. The third kappa shape index (κ3) is 4.58. The molecule has 17 heavy (non-hydrogen) atoms. The fraction of sp³-hybridized carbons (Fsp3) is 0.333. The molecule has 3 N–H and O–H groups in total. The third-order valence-electron chi connectivity index (χ3n) is 2.45. The van der Waals surface area contributed by atoms with E-state index in [1.54, 1.807) is 0 Å². The molecule has 1 aromatic rings. The molecule has 1 atom stereocenters. The van der Waals surface area contributed by atoms with Gasteiger partial charge in [0, 0.05) is 0 Å². The molecule has 0 heterocycles. The van der Waals surface area contributed by atoms with Gasteiger partial charge in [0.1, 0.15) is 0 Å². The molecule has 4 nitrogen and oxygen atoms in total. The van der Waals surface area contributed by atoms with Crippen molar-refractivity contribution in [3.63, 3.8) is 0 Å². The number of benzene rings is 1. The SMILES string of the molecule is NC(Cc1ccccc1CCC#P=O)C(=O)O. The van der Waals surface area contributed by atoms with Crippen LogP contribution in [0.1, 0.15) is 17.5 Å². The summed E-state index contributed by atoms with van der Waals surface area (Å²) in [5.41, 5.74) is 10.1. The molecular weight excluding hydrogens is 237 g/mol. The molecule has 0 aliphatic rings. The number of hydrogen-bond acceptors (Lipinski definition) is 3. The number of rotatable bonds is 5. The van der Waals surface area contributed by atoms with Crippen molar-refractivity contribution in [3.05, 3.63) is 35.4 Å². The molecule has 90 valence electrons. The standard InChI is InChI=1S/C12H14NO3P/c13-11(12(14)15)8-10-5-2-1-4-9(10)6-3-7-17-16/h1-2,4-5,11H,3,6,8,13H2,(H,14,15). The summed E-state index contributed by atoms with van der Waals surface area (Å²) in [5, 5.41) is 8.77. The van der Waals surface area contributed by atoms with Crippen molar-refractivity contribution in [2.75, 3.05) is 0 Å². The Kier molecular flexibility index (Phi) is 5.71. The van der Waals surface area contributed by atoms with Crippen LogP contribution in [0.5, 0.6) is 0 Å². The second-order valence-corrected chi connectivity index (χ2v) is 4.17. The predicted molar refractivity (Wildman–Crippen MR) is 65.6 cm³/mol. The third-order valence-corrected chi connectivity index (χ3v) is 2.80. The number of aliphatic carboxylic acids is 1. The van der Waals surface area contributed by atoms with E-state index < -0.39 is 12.0 Å². The fourth-order valence-corrected chi connectivity index (χ4v) is 1.76. The minimum atomic E-state index is -1.00. The molecule has 5 heteroatoms. The second kappa shape index (κ2) is 7.08. The molecule has 1 unspecified atom stereocenters. The molecule has 0 radical (unpaired) electrons. The van der Waals surface area contributed by atoms with Gasteiger partial charge in [-0.15, -0.1) is 0 Å². The Labute approximate surface area is 101 Å². The van der Waals surface area contributed by atoms with E-state index in [9.17, 15) is 9.36 Å². The molecule has 0 saturated heterocycles. The summed E-state index contributed by atoms with van der Waals surface area (Å²) >= 11 is 0. The van der Waals surface area contributed by atoms with Gasteiger partial charge in [-0.05, 0) is 0 Å². The zero-order chi connectivity index (χ0) is 12.7. The summed E-state index contributed by atoms with van der Waals surface area (Å²) < 4.78 is 10.2.